The van der Waals surface area contributed by atoms with Crippen LogP contribution in [0.3, 0.4) is 0 Å². The van der Waals surface area contributed by atoms with Crippen molar-refractivity contribution >= 4 is 45.7 Å². The molecule has 1 fully saturated rings. The number of anilines is 2. The Morgan fingerprint density at radius 2 is 1.97 bits per heavy atom. The lowest BCUT2D eigenvalue weighted by Crippen LogP contribution is -2.35. The normalized spacial score (nSPS) is 14.8. The lowest BCUT2D eigenvalue weighted by atomic mass is 9.96. The maximum absolute atomic E-state index is 5.65. The number of nitrogens with zero attached hydrogens (tertiary/aromatic N) is 4. The SMILES string of the molecule is CCOCC1CCN(c2ccccc2CNc2ncnc3cc4c(cc23)[nH]c(=S)n4CC)CC1. The van der Waals surface area contributed by atoms with Crippen LogP contribution in [0.2, 0.25) is 0 Å². The molecule has 1 aliphatic heterocycles. The van der Waals surface area contributed by atoms with Crippen molar-refractivity contribution in [2.45, 2.75) is 39.8 Å². The molecule has 34 heavy (non-hydrogen) atoms. The molecular weight excluding hydrogens is 444 g/mol. The van der Waals surface area contributed by atoms with Crippen molar-refractivity contribution in [3.8, 4) is 0 Å². The van der Waals surface area contributed by atoms with Crippen LogP contribution in [0.25, 0.3) is 21.9 Å². The second-order valence-electron chi connectivity index (χ2n) is 8.86. The Balaban J connectivity index is 1.36. The van der Waals surface area contributed by atoms with Gasteiger partial charge in [0, 0.05) is 50.5 Å². The highest BCUT2D eigenvalue weighted by atomic mass is 32.1. The third kappa shape index (κ3) is 4.52. The van der Waals surface area contributed by atoms with Gasteiger partial charge in [0.25, 0.3) is 0 Å². The number of H-pyrrole nitrogens is 1. The van der Waals surface area contributed by atoms with Crippen molar-refractivity contribution in [3.05, 3.63) is 53.1 Å². The smallest absolute Gasteiger partial charge is 0.178 e. The van der Waals surface area contributed by atoms with E-state index in [9.17, 15) is 0 Å². The molecular formula is C26H32N6OS. The van der Waals surface area contributed by atoms with Crippen molar-refractivity contribution in [1.29, 1.82) is 0 Å². The zero-order valence-electron chi connectivity index (χ0n) is 19.9. The molecule has 7 nitrogen and oxygen atoms in total. The monoisotopic (exact) mass is 476 g/mol. The summed E-state index contributed by atoms with van der Waals surface area (Å²) in [6.07, 6.45) is 3.98. The van der Waals surface area contributed by atoms with Gasteiger partial charge in [-0.15, -0.1) is 0 Å². The number of ether oxygens (including phenoxy) is 1. The van der Waals surface area contributed by atoms with E-state index < -0.39 is 0 Å². The number of hydrogen-bond acceptors (Lipinski definition) is 6. The molecule has 2 aromatic carbocycles. The zero-order valence-corrected chi connectivity index (χ0v) is 20.7. The van der Waals surface area contributed by atoms with Crippen molar-refractivity contribution in [2.75, 3.05) is 36.5 Å². The van der Waals surface area contributed by atoms with Crippen LogP contribution in [0.15, 0.2) is 42.7 Å². The molecule has 0 atom stereocenters. The summed E-state index contributed by atoms with van der Waals surface area (Å²) in [4.78, 5) is 14.9. The molecule has 5 rings (SSSR count). The van der Waals surface area contributed by atoms with Crippen molar-refractivity contribution in [1.82, 2.24) is 19.5 Å². The number of fused-ring (bicyclic) bond motifs is 2. The first-order chi connectivity index (χ1) is 16.7. The van der Waals surface area contributed by atoms with E-state index in [2.05, 4.69) is 80.0 Å². The maximum Gasteiger partial charge on any atom is 0.178 e. The highest BCUT2D eigenvalue weighted by Gasteiger charge is 2.21. The number of hydrogen-bond donors (Lipinski definition) is 2. The summed E-state index contributed by atoms with van der Waals surface area (Å²) in [6, 6.07) is 12.9. The second kappa shape index (κ2) is 10.1. The van der Waals surface area contributed by atoms with Crippen LogP contribution >= 0.6 is 12.2 Å². The highest BCUT2D eigenvalue weighted by Crippen LogP contribution is 2.29. The first-order valence-electron chi connectivity index (χ1n) is 12.2. The van der Waals surface area contributed by atoms with Gasteiger partial charge in [-0.2, -0.15) is 0 Å². The molecule has 1 saturated heterocycles. The van der Waals surface area contributed by atoms with Crippen LogP contribution in [0.1, 0.15) is 32.3 Å². The third-order valence-electron chi connectivity index (χ3n) is 6.80. The second-order valence-corrected chi connectivity index (χ2v) is 9.24. The molecule has 2 aromatic heterocycles. The number of rotatable bonds is 8. The number of nitrogens with one attached hydrogen (secondary N) is 2. The Hall–Kier alpha value is -2.97. The summed E-state index contributed by atoms with van der Waals surface area (Å²) < 4.78 is 8.47. The lowest BCUT2D eigenvalue weighted by Gasteiger charge is -2.34. The van der Waals surface area contributed by atoms with Crippen LogP contribution in [0, 0.1) is 10.7 Å². The van der Waals surface area contributed by atoms with Crippen LogP contribution in [-0.4, -0.2) is 45.8 Å². The molecule has 0 unspecified atom stereocenters. The van der Waals surface area contributed by atoms with E-state index >= 15 is 0 Å². The molecule has 0 amide bonds. The molecule has 4 aromatic rings. The molecule has 2 N–H and O–H groups in total. The molecule has 1 aliphatic rings. The Kier molecular flexibility index (Phi) is 6.78. The minimum absolute atomic E-state index is 0.667. The van der Waals surface area contributed by atoms with E-state index in [4.69, 9.17) is 17.0 Å². The van der Waals surface area contributed by atoms with E-state index in [1.807, 2.05) is 0 Å². The Bertz CT molecular complexity index is 1340. The number of aryl methyl sites for hydroxylation is 1. The standard InChI is InChI=1S/C26H32N6OS/c1-3-32-24-14-21-20(13-22(24)30-26(32)34)25(29-17-28-21)27-15-19-7-5-6-8-23(19)31-11-9-18(10-12-31)16-33-4-2/h5-8,13-14,17-18H,3-4,9-12,15-16H2,1-2H3,(H,30,34)(H,27,28,29). The topological polar surface area (TPSA) is 71.0 Å². The van der Waals surface area contributed by atoms with Gasteiger partial charge in [0.1, 0.15) is 12.1 Å². The highest BCUT2D eigenvalue weighted by molar-refractivity contribution is 7.71. The first-order valence-corrected chi connectivity index (χ1v) is 12.6. The van der Waals surface area contributed by atoms with E-state index in [-0.39, 0.29) is 0 Å². The van der Waals surface area contributed by atoms with Crippen molar-refractivity contribution < 1.29 is 4.74 Å². The fourth-order valence-electron chi connectivity index (χ4n) is 4.94. The van der Waals surface area contributed by atoms with Crippen LogP contribution in [0.4, 0.5) is 11.5 Å². The first kappa shape index (κ1) is 22.8. The average Bonchev–Trinajstić information content (AvgIpc) is 3.19. The van der Waals surface area contributed by atoms with Gasteiger partial charge < -0.3 is 24.5 Å². The van der Waals surface area contributed by atoms with Crippen molar-refractivity contribution in [2.24, 2.45) is 5.92 Å². The zero-order chi connectivity index (χ0) is 23.5. The number of aromatic amines is 1. The Morgan fingerprint density at radius 1 is 1.15 bits per heavy atom. The van der Waals surface area contributed by atoms with Gasteiger partial charge in [-0.3, -0.25) is 0 Å². The predicted octanol–water partition coefficient (Wildman–Crippen LogP) is 5.53. The van der Waals surface area contributed by atoms with E-state index in [0.29, 0.717) is 12.5 Å². The largest absolute Gasteiger partial charge is 0.381 e. The summed E-state index contributed by atoms with van der Waals surface area (Å²) in [6.45, 7) is 9.50. The molecule has 0 saturated carbocycles. The molecule has 3 heterocycles. The summed E-state index contributed by atoms with van der Waals surface area (Å²) in [7, 11) is 0. The van der Waals surface area contributed by atoms with E-state index in [1.165, 1.54) is 24.1 Å². The van der Waals surface area contributed by atoms with Gasteiger partial charge in [0.05, 0.1) is 16.6 Å². The Labute approximate surface area is 205 Å². The van der Waals surface area contributed by atoms with Gasteiger partial charge in [-0.05, 0) is 68.6 Å². The van der Waals surface area contributed by atoms with Crippen LogP contribution in [-0.2, 0) is 17.8 Å². The fourth-order valence-corrected chi connectivity index (χ4v) is 5.27. The van der Waals surface area contributed by atoms with E-state index in [0.717, 1.165) is 65.4 Å². The third-order valence-corrected chi connectivity index (χ3v) is 7.12. The average molecular weight is 477 g/mol. The van der Waals surface area contributed by atoms with Gasteiger partial charge in [-0.1, -0.05) is 18.2 Å². The van der Waals surface area contributed by atoms with Gasteiger partial charge in [0.15, 0.2) is 4.77 Å². The number of imidazole rings is 1. The summed E-state index contributed by atoms with van der Waals surface area (Å²) in [5.41, 5.74) is 5.56. The molecule has 0 bridgehead atoms. The van der Waals surface area contributed by atoms with Crippen LogP contribution in [0.5, 0.6) is 0 Å². The molecule has 0 spiro atoms. The van der Waals surface area contributed by atoms with Crippen LogP contribution < -0.4 is 10.2 Å². The number of piperidine rings is 1. The summed E-state index contributed by atoms with van der Waals surface area (Å²) >= 11 is 5.49. The minimum atomic E-state index is 0.667. The maximum atomic E-state index is 5.65. The molecule has 0 aliphatic carbocycles. The fraction of sp³-hybridized carbons (Fsp3) is 0.423. The molecule has 0 radical (unpaired) electrons. The quantitative estimate of drug-likeness (QED) is 0.326. The number of aromatic nitrogens is 4. The predicted molar refractivity (Wildman–Crippen MR) is 141 cm³/mol. The molecule has 8 heteroatoms. The molecule has 178 valence electrons. The van der Waals surface area contributed by atoms with Gasteiger partial charge in [-0.25, -0.2) is 9.97 Å². The summed E-state index contributed by atoms with van der Waals surface area (Å²) in [5.74, 6) is 1.50. The Morgan fingerprint density at radius 3 is 2.76 bits per heavy atom. The number of para-hydroxylation sites is 1. The lowest BCUT2D eigenvalue weighted by molar-refractivity contribution is 0.100. The minimum Gasteiger partial charge on any atom is -0.381 e. The summed E-state index contributed by atoms with van der Waals surface area (Å²) in [5, 5.41) is 4.57. The van der Waals surface area contributed by atoms with E-state index in [1.54, 1.807) is 6.33 Å². The van der Waals surface area contributed by atoms with Crippen molar-refractivity contribution in [3.63, 3.8) is 0 Å². The number of benzene rings is 2. The van der Waals surface area contributed by atoms with Gasteiger partial charge >= 0.3 is 0 Å². The van der Waals surface area contributed by atoms with Gasteiger partial charge in [0.2, 0.25) is 0 Å².